The van der Waals surface area contributed by atoms with Gasteiger partial charge in [-0.15, -0.1) is 0 Å². The normalized spacial score (nSPS) is 17.9. The molecule has 0 saturated carbocycles. The Morgan fingerprint density at radius 3 is 2.63 bits per heavy atom. The zero-order valence-electron chi connectivity index (χ0n) is 11.5. The monoisotopic (exact) mass is 282 g/mol. The molecule has 0 atom stereocenters. The molecular weight excluding hydrogens is 260 g/mol. The van der Waals surface area contributed by atoms with Gasteiger partial charge >= 0.3 is 6.03 Å². The molecule has 4 heteroatoms. The van der Waals surface area contributed by atoms with Gasteiger partial charge < -0.3 is 10.2 Å². The molecule has 0 bridgehead atoms. The maximum absolute atomic E-state index is 11.9. The molecule has 1 rings (SSSR count). The van der Waals surface area contributed by atoms with Crippen LogP contribution in [0.5, 0.6) is 0 Å². The molecule has 0 unspecified atom stereocenters. The van der Waals surface area contributed by atoms with Crippen LogP contribution in [0, 0.1) is 5.92 Å². The van der Waals surface area contributed by atoms with Gasteiger partial charge in [0.1, 0.15) is 0 Å². The van der Waals surface area contributed by atoms with Crippen LogP contribution in [-0.4, -0.2) is 24.0 Å². The van der Waals surface area contributed by atoms with Gasteiger partial charge in [-0.25, -0.2) is 4.79 Å². The Labute approximate surface area is 121 Å². The van der Waals surface area contributed by atoms with Crippen molar-refractivity contribution >= 4 is 17.6 Å². The van der Waals surface area contributed by atoms with Gasteiger partial charge in [-0.2, -0.15) is 0 Å². The van der Waals surface area contributed by atoms with E-state index in [4.69, 9.17) is 11.6 Å². The molecule has 0 aliphatic carbocycles. The topological polar surface area (TPSA) is 32.3 Å². The van der Waals surface area contributed by atoms with Crippen LogP contribution in [0.15, 0.2) is 36.0 Å². The van der Waals surface area contributed by atoms with E-state index in [-0.39, 0.29) is 6.03 Å². The maximum Gasteiger partial charge on any atom is 0.321 e. The summed E-state index contributed by atoms with van der Waals surface area (Å²) in [6, 6.07) is 0.00284. The highest BCUT2D eigenvalue weighted by atomic mass is 35.5. The van der Waals surface area contributed by atoms with Gasteiger partial charge in [0.05, 0.1) is 0 Å². The van der Waals surface area contributed by atoms with Crippen LogP contribution in [0.4, 0.5) is 4.79 Å². The van der Waals surface area contributed by atoms with E-state index < -0.39 is 0 Å². The van der Waals surface area contributed by atoms with Crippen LogP contribution in [0.25, 0.3) is 0 Å². The lowest BCUT2D eigenvalue weighted by atomic mass is 9.97. The van der Waals surface area contributed by atoms with Crippen LogP contribution >= 0.6 is 11.6 Å². The lowest BCUT2D eigenvalue weighted by Gasteiger charge is -2.30. The lowest BCUT2D eigenvalue weighted by Crippen LogP contribution is -2.42. The number of unbranched alkanes of at least 4 members (excludes halogenated alkanes) is 1. The fourth-order valence-corrected chi connectivity index (χ4v) is 2.25. The van der Waals surface area contributed by atoms with Crippen molar-refractivity contribution in [2.24, 2.45) is 5.92 Å². The number of hydrogen-bond donors (Lipinski definition) is 1. The third kappa shape index (κ3) is 6.48. The molecule has 0 aromatic heterocycles. The van der Waals surface area contributed by atoms with Crippen molar-refractivity contribution in [3.05, 3.63) is 36.0 Å². The predicted molar refractivity (Wildman–Crippen MR) is 81.0 cm³/mol. The van der Waals surface area contributed by atoms with Crippen molar-refractivity contribution in [2.75, 3.05) is 13.1 Å². The fraction of sp³-hybridized carbons (Fsp3) is 0.533. The Balaban J connectivity index is 2.20. The minimum Gasteiger partial charge on any atom is -0.325 e. The summed E-state index contributed by atoms with van der Waals surface area (Å²) in [5.74, 6) is 0.631. The van der Waals surface area contributed by atoms with Gasteiger partial charge in [0, 0.05) is 24.8 Å². The zero-order chi connectivity index (χ0) is 13.9. The number of urea groups is 1. The van der Waals surface area contributed by atoms with Gasteiger partial charge in [-0.3, -0.25) is 0 Å². The van der Waals surface area contributed by atoms with Crippen molar-refractivity contribution in [2.45, 2.75) is 32.6 Å². The number of amides is 2. The summed E-state index contributed by atoms with van der Waals surface area (Å²) in [6.45, 7) is 3.72. The molecule has 1 N–H and O–H groups in total. The predicted octanol–water partition coefficient (Wildman–Crippen LogP) is 4.03. The fourth-order valence-electron chi connectivity index (χ4n) is 2.13. The molecule has 19 heavy (non-hydrogen) atoms. The van der Waals surface area contributed by atoms with Crippen LogP contribution in [0.3, 0.4) is 0 Å². The number of hydrogen-bond acceptors (Lipinski definition) is 1. The number of carbonyl (C=O) groups is 1. The molecule has 1 fully saturated rings. The Kier molecular flexibility index (Phi) is 8.07. The van der Waals surface area contributed by atoms with Gasteiger partial charge in [-0.05, 0) is 38.5 Å². The van der Waals surface area contributed by atoms with E-state index in [1.54, 1.807) is 6.20 Å². The number of nitrogens with zero attached hydrogens (tertiary/aromatic N) is 1. The largest absolute Gasteiger partial charge is 0.325 e. The van der Waals surface area contributed by atoms with E-state index >= 15 is 0 Å². The van der Waals surface area contributed by atoms with Gasteiger partial charge in [0.25, 0.3) is 0 Å². The first-order valence-electron chi connectivity index (χ1n) is 6.86. The smallest absolute Gasteiger partial charge is 0.321 e. The van der Waals surface area contributed by atoms with Gasteiger partial charge in [0.2, 0.25) is 0 Å². The van der Waals surface area contributed by atoms with E-state index in [1.165, 1.54) is 5.54 Å². The first-order valence-corrected chi connectivity index (χ1v) is 7.30. The number of halogens is 1. The Morgan fingerprint density at radius 2 is 2.00 bits per heavy atom. The summed E-state index contributed by atoms with van der Waals surface area (Å²) in [4.78, 5) is 13.7. The van der Waals surface area contributed by atoms with E-state index in [2.05, 4.69) is 17.5 Å². The second-order valence-corrected chi connectivity index (χ2v) is 4.89. The number of likely N-dealkylation sites (tertiary alicyclic amines) is 1. The minimum absolute atomic E-state index is 0.00284. The summed E-state index contributed by atoms with van der Waals surface area (Å²) in [7, 11) is 0. The lowest BCUT2D eigenvalue weighted by molar-refractivity contribution is 0.181. The summed E-state index contributed by atoms with van der Waals surface area (Å²) in [5.41, 5.74) is 1.52. The van der Waals surface area contributed by atoms with Crippen LogP contribution in [0.2, 0.25) is 0 Å². The number of allylic oxidation sites excluding steroid dienone is 4. The third-order valence-corrected chi connectivity index (χ3v) is 3.38. The van der Waals surface area contributed by atoms with E-state index in [1.807, 2.05) is 24.0 Å². The Hall–Kier alpha value is -1.22. The maximum atomic E-state index is 11.9. The summed E-state index contributed by atoms with van der Waals surface area (Å²) < 4.78 is 0. The minimum atomic E-state index is 0.00284. The first-order chi connectivity index (χ1) is 9.27. The number of nitrogens with one attached hydrogen (secondary N) is 1. The van der Waals surface area contributed by atoms with Crippen molar-refractivity contribution in [1.82, 2.24) is 10.2 Å². The van der Waals surface area contributed by atoms with Crippen LogP contribution < -0.4 is 5.32 Å². The third-order valence-electron chi connectivity index (χ3n) is 3.21. The summed E-state index contributed by atoms with van der Waals surface area (Å²) in [5, 5.41) is 2.81. The van der Waals surface area contributed by atoms with Gasteiger partial charge in [0.15, 0.2) is 0 Å². The number of piperidine rings is 1. The van der Waals surface area contributed by atoms with Crippen molar-refractivity contribution in [3.63, 3.8) is 0 Å². The molecule has 1 aliphatic heterocycles. The van der Waals surface area contributed by atoms with Crippen molar-refractivity contribution < 1.29 is 4.79 Å². The number of carbonyl (C=O) groups excluding carboxylic acids is 1. The van der Waals surface area contributed by atoms with E-state index in [0.717, 1.165) is 38.8 Å². The molecule has 0 aromatic carbocycles. The first kappa shape index (κ1) is 15.8. The Bertz CT molecular complexity index is 342. The molecule has 1 saturated heterocycles. The van der Waals surface area contributed by atoms with E-state index in [0.29, 0.717) is 5.92 Å². The SMILES string of the molecule is C/C=C/C1CCN(C(=O)N/C=C/CC/C=C/Cl)CC1. The zero-order valence-corrected chi connectivity index (χ0v) is 12.3. The molecule has 106 valence electrons. The molecule has 1 aliphatic rings. The second kappa shape index (κ2) is 9.68. The molecule has 3 nitrogen and oxygen atoms in total. The highest BCUT2D eigenvalue weighted by molar-refractivity contribution is 6.25. The molecule has 1 heterocycles. The second-order valence-electron chi connectivity index (χ2n) is 4.64. The van der Waals surface area contributed by atoms with E-state index in [9.17, 15) is 4.79 Å². The molecule has 2 amide bonds. The number of rotatable bonds is 5. The van der Waals surface area contributed by atoms with Crippen molar-refractivity contribution in [1.29, 1.82) is 0 Å². The highest BCUT2D eigenvalue weighted by Crippen LogP contribution is 2.18. The standard InChI is InChI=1S/C15H23ClN2O/c1-2-7-14-8-12-18(13-9-14)15(19)17-11-6-4-3-5-10-16/h2,5-7,10-11,14H,3-4,8-9,12-13H2,1H3,(H,17,19)/b7-2+,10-5+,11-6+. The summed E-state index contributed by atoms with van der Waals surface area (Å²) >= 11 is 5.41. The average molecular weight is 283 g/mol. The Morgan fingerprint density at radius 1 is 1.32 bits per heavy atom. The molecular formula is C15H23ClN2O. The highest BCUT2D eigenvalue weighted by Gasteiger charge is 2.20. The average Bonchev–Trinajstić information content (AvgIpc) is 2.43. The van der Waals surface area contributed by atoms with Crippen LogP contribution in [0.1, 0.15) is 32.6 Å². The van der Waals surface area contributed by atoms with Crippen LogP contribution in [-0.2, 0) is 0 Å². The van der Waals surface area contributed by atoms with Gasteiger partial charge in [-0.1, -0.05) is 35.9 Å². The molecule has 0 radical (unpaired) electrons. The molecule has 0 spiro atoms. The molecule has 0 aromatic rings. The van der Waals surface area contributed by atoms with Crippen molar-refractivity contribution in [3.8, 4) is 0 Å². The summed E-state index contributed by atoms with van der Waals surface area (Å²) in [6.07, 6.45) is 13.8. The quantitative estimate of drug-likeness (QED) is 0.599.